The Morgan fingerprint density at radius 2 is 1.77 bits per heavy atom. The number of nitrogens with zero attached hydrogens (tertiary/aromatic N) is 2. The van der Waals surface area contributed by atoms with E-state index in [0.29, 0.717) is 17.9 Å². The van der Waals surface area contributed by atoms with E-state index in [1.54, 1.807) is 19.2 Å². The molecular formula is C17H23F3N2. The third-order valence-corrected chi connectivity index (χ3v) is 4.58. The summed E-state index contributed by atoms with van der Waals surface area (Å²) >= 11 is 0. The molecule has 2 nitrogen and oxygen atoms in total. The smallest absolute Gasteiger partial charge is 0.306 e. The zero-order valence-electron chi connectivity index (χ0n) is 13.3. The maximum atomic E-state index is 12.6. The summed E-state index contributed by atoms with van der Waals surface area (Å²) in [7, 11) is 5.89. The lowest BCUT2D eigenvalue weighted by Gasteiger charge is -2.38. The van der Waals surface area contributed by atoms with Gasteiger partial charge in [0, 0.05) is 25.2 Å². The number of rotatable bonds is 3. The molecule has 0 radical (unpaired) electrons. The normalized spacial score (nSPS) is 26.8. The average Bonchev–Trinajstić information content (AvgIpc) is 2.47. The molecule has 1 aromatic carbocycles. The second-order valence-electron chi connectivity index (χ2n) is 6.23. The molecule has 22 heavy (non-hydrogen) atoms. The van der Waals surface area contributed by atoms with Crippen molar-refractivity contribution < 1.29 is 13.2 Å². The Hall–Kier alpha value is -1.36. The van der Waals surface area contributed by atoms with Gasteiger partial charge < -0.3 is 9.89 Å². The van der Waals surface area contributed by atoms with Crippen molar-refractivity contribution >= 4 is 6.21 Å². The Morgan fingerprint density at radius 1 is 1.14 bits per heavy atom. The molecule has 0 N–H and O–H groups in total. The van der Waals surface area contributed by atoms with Crippen LogP contribution in [0.4, 0.5) is 13.2 Å². The van der Waals surface area contributed by atoms with Crippen molar-refractivity contribution in [3.8, 4) is 0 Å². The summed E-state index contributed by atoms with van der Waals surface area (Å²) in [5.74, 6) is 0.738. The summed E-state index contributed by atoms with van der Waals surface area (Å²) in [5, 5.41) is 0. The number of aliphatic imine (C=N–C) groups is 1. The van der Waals surface area contributed by atoms with Gasteiger partial charge in [-0.1, -0.05) is 12.1 Å². The van der Waals surface area contributed by atoms with Crippen LogP contribution in [-0.2, 0) is 6.18 Å². The van der Waals surface area contributed by atoms with Crippen molar-refractivity contribution in [2.75, 3.05) is 21.1 Å². The standard InChI is InChI=1S/C17H23F3N2/c1-21-11-14-5-4-13(10-16(14)22(2)3)12-6-8-15(9-7-12)17(18,19)20/h6-9,11,13-14,16H,4-5,10H2,1-3H3/t13-,14?,16-/m0/s1. The summed E-state index contributed by atoms with van der Waals surface area (Å²) in [6.07, 6.45) is 0.709. The predicted molar refractivity (Wildman–Crippen MR) is 83.4 cm³/mol. The Morgan fingerprint density at radius 3 is 2.27 bits per heavy atom. The molecule has 0 heterocycles. The van der Waals surface area contributed by atoms with Crippen molar-refractivity contribution in [2.45, 2.75) is 37.4 Å². The first-order valence-corrected chi connectivity index (χ1v) is 7.58. The van der Waals surface area contributed by atoms with E-state index in [-0.39, 0.29) is 0 Å². The zero-order chi connectivity index (χ0) is 16.3. The minimum Gasteiger partial charge on any atom is -0.306 e. The van der Waals surface area contributed by atoms with E-state index in [2.05, 4.69) is 24.0 Å². The molecule has 1 saturated carbocycles. The van der Waals surface area contributed by atoms with Gasteiger partial charge in [-0.05, 0) is 57.0 Å². The summed E-state index contributed by atoms with van der Waals surface area (Å²) in [6, 6.07) is 6.03. The molecule has 1 unspecified atom stereocenters. The number of alkyl halides is 3. The summed E-state index contributed by atoms with van der Waals surface area (Å²) < 4.78 is 37.9. The van der Waals surface area contributed by atoms with Gasteiger partial charge in [0.05, 0.1) is 5.56 Å². The first kappa shape index (κ1) is 17.0. The van der Waals surface area contributed by atoms with E-state index in [1.807, 2.05) is 6.21 Å². The van der Waals surface area contributed by atoms with Crippen molar-refractivity contribution in [2.24, 2.45) is 10.9 Å². The first-order chi connectivity index (χ1) is 10.3. The van der Waals surface area contributed by atoms with Crippen LogP contribution in [0.5, 0.6) is 0 Å². The molecule has 2 rings (SSSR count). The minimum atomic E-state index is -4.26. The molecular weight excluding hydrogens is 289 g/mol. The Labute approximate surface area is 130 Å². The van der Waals surface area contributed by atoms with E-state index in [1.165, 1.54) is 12.1 Å². The van der Waals surface area contributed by atoms with Gasteiger partial charge in [0.25, 0.3) is 0 Å². The van der Waals surface area contributed by atoms with Crippen molar-refractivity contribution in [3.63, 3.8) is 0 Å². The van der Waals surface area contributed by atoms with Crippen LogP contribution in [0, 0.1) is 5.92 Å². The average molecular weight is 312 g/mol. The lowest BCUT2D eigenvalue weighted by Crippen LogP contribution is -2.40. The largest absolute Gasteiger partial charge is 0.416 e. The Balaban J connectivity index is 2.13. The minimum absolute atomic E-state index is 0.316. The van der Waals surface area contributed by atoms with E-state index in [0.717, 1.165) is 24.8 Å². The summed E-state index contributed by atoms with van der Waals surface area (Å²) in [5.41, 5.74) is 0.430. The van der Waals surface area contributed by atoms with Gasteiger partial charge in [-0.2, -0.15) is 13.2 Å². The fourth-order valence-corrected chi connectivity index (χ4v) is 3.38. The van der Waals surface area contributed by atoms with Crippen LogP contribution >= 0.6 is 0 Å². The molecule has 0 saturated heterocycles. The zero-order valence-corrected chi connectivity index (χ0v) is 13.3. The third-order valence-electron chi connectivity index (χ3n) is 4.58. The highest BCUT2D eigenvalue weighted by Crippen LogP contribution is 2.38. The second kappa shape index (κ2) is 6.82. The van der Waals surface area contributed by atoms with Crippen LogP contribution in [0.3, 0.4) is 0 Å². The van der Waals surface area contributed by atoms with Gasteiger partial charge in [0.1, 0.15) is 0 Å². The molecule has 122 valence electrons. The first-order valence-electron chi connectivity index (χ1n) is 7.58. The summed E-state index contributed by atoms with van der Waals surface area (Å²) in [6.45, 7) is 0. The highest BCUT2D eigenvalue weighted by Gasteiger charge is 2.33. The number of hydrogen-bond acceptors (Lipinski definition) is 2. The Kier molecular flexibility index (Phi) is 5.27. The van der Waals surface area contributed by atoms with E-state index >= 15 is 0 Å². The van der Waals surface area contributed by atoms with Crippen molar-refractivity contribution in [3.05, 3.63) is 35.4 Å². The second-order valence-corrected chi connectivity index (χ2v) is 6.23. The highest BCUT2D eigenvalue weighted by molar-refractivity contribution is 5.62. The van der Waals surface area contributed by atoms with Crippen LogP contribution in [0.1, 0.15) is 36.3 Å². The van der Waals surface area contributed by atoms with Crippen LogP contribution in [0.15, 0.2) is 29.3 Å². The van der Waals surface area contributed by atoms with E-state index in [9.17, 15) is 13.2 Å². The molecule has 3 atom stereocenters. The van der Waals surface area contributed by atoms with Crippen molar-refractivity contribution in [1.82, 2.24) is 4.90 Å². The molecule has 1 fully saturated rings. The third kappa shape index (κ3) is 3.88. The van der Waals surface area contributed by atoms with Gasteiger partial charge in [-0.25, -0.2) is 0 Å². The van der Waals surface area contributed by atoms with Gasteiger partial charge in [0.15, 0.2) is 0 Å². The van der Waals surface area contributed by atoms with E-state index in [4.69, 9.17) is 0 Å². The van der Waals surface area contributed by atoms with Crippen LogP contribution in [-0.4, -0.2) is 38.3 Å². The predicted octanol–water partition coefficient (Wildman–Crippen LogP) is 4.22. The fourth-order valence-electron chi connectivity index (χ4n) is 3.38. The topological polar surface area (TPSA) is 15.6 Å². The number of benzene rings is 1. The molecule has 5 heteroatoms. The number of halogens is 3. The monoisotopic (exact) mass is 312 g/mol. The number of hydrogen-bond donors (Lipinski definition) is 0. The van der Waals surface area contributed by atoms with Gasteiger partial charge >= 0.3 is 6.18 Å². The molecule has 0 amide bonds. The maximum Gasteiger partial charge on any atom is 0.416 e. The Bertz CT molecular complexity index is 506. The molecule has 0 spiro atoms. The van der Waals surface area contributed by atoms with Gasteiger partial charge in [0.2, 0.25) is 0 Å². The lowest BCUT2D eigenvalue weighted by molar-refractivity contribution is -0.137. The molecule has 0 aliphatic heterocycles. The highest BCUT2D eigenvalue weighted by atomic mass is 19.4. The SMILES string of the molecule is CN=CC1CC[C@H](c2ccc(C(F)(F)F)cc2)C[C@@H]1N(C)C. The molecule has 0 bridgehead atoms. The maximum absolute atomic E-state index is 12.6. The molecule has 1 aliphatic rings. The van der Waals surface area contributed by atoms with E-state index < -0.39 is 11.7 Å². The molecule has 1 aliphatic carbocycles. The van der Waals surface area contributed by atoms with Gasteiger partial charge in [-0.3, -0.25) is 0 Å². The van der Waals surface area contributed by atoms with Crippen LogP contribution in [0.25, 0.3) is 0 Å². The lowest BCUT2D eigenvalue weighted by atomic mass is 9.75. The molecule has 0 aromatic heterocycles. The fraction of sp³-hybridized carbons (Fsp3) is 0.588. The summed E-state index contributed by atoms with van der Waals surface area (Å²) in [4.78, 5) is 6.35. The molecule has 1 aromatic rings. The van der Waals surface area contributed by atoms with Crippen LogP contribution in [0.2, 0.25) is 0 Å². The van der Waals surface area contributed by atoms with Crippen molar-refractivity contribution in [1.29, 1.82) is 0 Å². The van der Waals surface area contributed by atoms with Crippen LogP contribution < -0.4 is 0 Å². The van der Waals surface area contributed by atoms with Gasteiger partial charge in [-0.15, -0.1) is 0 Å². The quantitative estimate of drug-likeness (QED) is 0.763.